The van der Waals surface area contributed by atoms with Gasteiger partial charge < -0.3 is 15.1 Å². The number of benzene rings is 3. The van der Waals surface area contributed by atoms with Crippen LogP contribution in [0.5, 0.6) is 0 Å². The van der Waals surface area contributed by atoms with E-state index in [1.165, 1.54) is 5.56 Å². The Morgan fingerprint density at radius 3 is 2.30 bits per heavy atom. The molecule has 1 N–H and O–H groups in total. The molecule has 0 aliphatic carbocycles. The molecule has 0 unspecified atom stereocenters. The Bertz CT molecular complexity index is 1210. The molecule has 0 aromatic heterocycles. The number of fused-ring (bicyclic) bond motifs is 1. The maximum atomic E-state index is 13.2. The molecule has 0 bridgehead atoms. The second-order valence-corrected chi connectivity index (χ2v) is 10.8. The minimum Gasteiger partial charge on any atom is -0.361 e. The van der Waals surface area contributed by atoms with E-state index in [0.717, 1.165) is 55.6 Å². The molecular weight excluding hydrogens is 458 g/mol. The highest BCUT2D eigenvalue weighted by Gasteiger charge is 2.36. The Kier molecular flexibility index (Phi) is 7.59. The second-order valence-electron chi connectivity index (χ2n) is 10.8. The van der Waals surface area contributed by atoms with Crippen LogP contribution in [0.3, 0.4) is 0 Å². The van der Waals surface area contributed by atoms with Gasteiger partial charge in [0.25, 0.3) is 11.8 Å². The van der Waals surface area contributed by atoms with Crippen LogP contribution in [0.25, 0.3) is 0 Å². The molecule has 0 spiro atoms. The van der Waals surface area contributed by atoms with Gasteiger partial charge in [-0.15, -0.1) is 0 Å². The number of carbonyl (C=O) groups excluding carboxylic acids is 2. The first kappa shape index (κ1) is 25.1. The third kappa shape index (κ3) is 5.71. The molecule has 5 heteroatoms. The van der Waals surface area contributed by atoms with Crippen LogP contribution in [0, 0.1) is 11.8 Å². The van der Waals surface area contributed by atoms with Crippen molar-refractivity contribution >= 4 is 17.5 Å². The summed E-state index contributed by atoms with van der Waals surface area (Å²) in [7, 11) is 0. The van der Waals surface area contributed by atoms with Gasteiger partial charge in [-0.25, -0.2) is 0 Å². The van der Waals surface area contributed by atoms with Crippen LogP contribution >= 0.6 is 0 Å². The number of nitrogens with zero attached hydrogens (tertiary/aromatic N) is 2. The maximum absolute atomic E-state index is 13.2. The fraction of sp³-hybridized carbons (Fsp3) is 0.375. The number of carbonyl (C=O) groups is 2. The predicted molar refractivity (Wildman–Crippen MR) is 149 cm³/mol. The zero-order chi connectivity index (χ0) is 25.8. The van der Waals surface area contributed by atoms with Crippen molar-refractivity contribution < 1.29 is 9.59 Å². The van der Waals surface area contributed by atoms with E-state index in [1.807, 2.05) is 58.3 Å². The lowest BCUT2D eigenvalue weighted by atomic mass is 9.90. The van der Waals surface area contributed by atoms with Crippen molar-refractivity contribution in [1.82, 2.24) is 9.80 Å². The van der Waals surface area contributed by atoms with Gasteiger partial charge in [0.2, 0.25) is 0 Å². The molecule has 2 heterocycles. The van der Waals surface area contributed by atoms with E-state index in [-0.39, 0.29) is 18.0 Å². The summed E-state index contributed by atoms with van der Waals surface area (Å²) in [4.78, 5) is 30.2. The van der Waals surface area contributed by atoms with Gasteiger partial charge in [0.05, 0.1) is 0 Å². The van der Waals surface area contributed by atoms with E-state index in [1.54, 1.807) is 0 Å². The lowest BCUT2D eigenvalue weighted by Gasteiger charge is -2.32. The highest BCUT2D eigenvalue weighted by molar-refractivity contribution is 5.99. The fourth-order valence-electron chi connectivity index (χ4n) is 5.49. The molecule has 2 amide bonds. The average Bonchev–Trinajstić information content (AvgIpc) is 3.19. The first-order chi connectivity index (χ1) is 18.0. The summed E-state index contributed by atoms with van der Waals surface area (Å²) in [6.45, 7) is 6.68. The summed E-state index contributed by atoms with van der Waals surface area (Å²) in [6, 6.07) is 26.2. The number of piperidine rings is 1. The third-order valence-electron chi connectivity index (χ3n) is 7.71. The van der Waals surface area contributed by atoms with E-state index in [4.69, 9.17) is 0 Å². The van der Waals surface area contributed by atoms with E-state index < -0.39 is 0 Å². The predicted octanol–water partition coefficient (Wildman–Crippen LogP) is 6.39. The van der Waals surface area contributed by atoms with Crippen LogP contribution in [0.4, 0.5) is 5.69 Å². The summed E-state index contributed by atoms with van der Waals surface area (Å²) in [6.07, 6.45) is 3.92. The SMILES string of the molecule is CC(C)CCN1C(=O)c2ccccc2[C@H]1Nc1ccc(C(=O)N2CCC(Cc3ccccc3)CC2)cc1. The standard InChI is InChI=1S/C32H37N3O2/c1-23(2)16-21-35-30(28-10-6-7-11-29(28)32(35)37)33-27-14-12-26(13-15-27)31(36)34-19-17-25(18-20-34)22-24-8-4-3-5-9-24/h3-15,23,25,30,33H,16-22H2,1-2H3/t30-/m0/s1. The molecular formula is C32H37N3O2. The summed E-state index contributed by atoms with van der Waals surface area (Å²) >= 11 is 0. The monoisotopic (exact) mass is 495 g/mol. The van der Waals surface area contributed by atoms with Crippen molar-refractivity contribution in [3.63, 3.8) is 0 Å². The molecule has 5 rings (SSSR count). The molecule has 5 nitrogen and oxygen atoms in total. The molecule has 1 atom stereocenters. The molecule has 1 fully saturated rings. The zero-order valence-corrected chi connectivity index (χ0v) is 21.9. The molecule has 1 saturated heterocycles. The Labute approximate surface area is 220 Å². The number of hydrogen-bond acceptors (Lipinski definition) is 3. The van der Waals surface area contributed by atoms with Crippen LogP contribution in [0.15, 0.2) is 78.9 Å². The lowest BCUT2D eigenvalue weighted by molar-refractivity contribution is 0.0689. The molecule has 0 radical (unpaired) electrons. The first-order valence-corrected chi connectivity index (χ1v) is 13.6. The van der Waals surface area contributed by atoms with Gasteiger partial charge >= 0.3 is 0 Å². The van der Waals surface area contributed by atoms with E-state index in [0.29, 0.717) is 23.9 Å². The molecule has 3 aromatic rings. The number of likely N-dealkylation sites (tertiary alicyclic amines) is 1. The van der Waals surface area contributed by atoms with Crippen LogP contribution in [0.2, 0.25) is 0 Å². The van der Waals surface area contributed by atoms with E-state index >= 15 is 0 Å². The van der Waals surface area contributed by atoms with Crippen molar-refractivity contribution in [3.8, 4) is 0 Å². The largest absolute Gasteiger partial charge is 0.361 e. The van der Waals surface area contributed by atoms with Gasteiger partial charge in [0.1, 0.15) is 6.17 Å². The summed E-state index contributed by atoms with van der Waals surface area (Å²) in [5.74, 6) is 1.33. The molecule has 3 aromatic carbocycles. The van der Waals surface area contributed by atoms with Gasteiger partial charge in [-0.1, -0.05) is 62.4 Å². The normalized spacial score (nSPS) is 17.8. The van der Waals surface area contributed by atoms with Crippen LogP contribution < -0.4 is 5.32 Å². The smallest absolute Gasteiger partial charge is 0.256 e. The molecule has 2 aliphatic rings. The topological polar surface area (TPSA) is 52.7 Å². The highest BCUT2D eigenvalue weighted by atomic mass is 16.2. The Morgan fingerprint density at radius 1 is 0.919 bits per heavy atom. The Hall–Kier alpha value is -3.60. The highest BCUT2D eigenvalue weighted by Crippen LogP contribution is 2.35. The number of hydrogen-bond donors (Lipinski definition) is 1. The first-order valence-electron chi connectivity index (χ1n) is 13.6. The quantitative estimate of drug-likeness (QED) is 0.394. The number of amides is 2. The van der Waals surface area contributed by atoms with E-state index in [9.17, 15) is 9.59 Å². The molecule has 37 heavy (non-hydrogen) atoms. The maximum Gasteiger partial charge on any atom is 0.256 e. The minimum atomic E-state index is -0.201. The Balaban J connectivity index is 1.21. The third-order valence-corrected chi connectivity index (χ3v) is 7.71. The Morgan fingerprint density at radius 2 is 1.59 bits per heavy atom. The van der Waals surface area contributed by atoms with E-state index in [2.05, 4.69) is 49.5 Å². The number of rotatable bonds is 8. The van der Waals surface area contributed by atoms with Crippen LogP contribution in [-0.2, 0) is 6.42 Å². The fourth-order valence-corrected chi connectivity index (χ4v) is 5.49. The van der Waals surface area contributed by atoms with Crippen molar-refractivity contribution in [3.05, 3.63) is 101 Å². The second kappa shape index (κ2) is 11.2. The van der Waals surface area contributed by atoms with Gasteiger partial charge in [0.15, 0.2) is 0 Å². The van der Waals surface area contributed by atoms with Gasteiger partial charge in [-0.2, -0.15) is 0 Å². The molecule has 2 aliphatic heterocycles. The summed E-state index contributed by atoms with van der Waals surface area (Å²) in [5.41, 5.74) is 4.78. The summed E-state index contributed by atoms with van der Waals surface area (Å²) in [5, 5.41) is 3.56. The lowest BCUT2D eigenvalue weighted by Crippen LogP contribution is -2.38. The van der Waals surface area contributed by atoms with Crippen molar-refractivity contribution in [2.45, 2.75) is 45.7 Å². The van der Waals surface area contributed by atoms with Gasteiger partial charge in [-0.05, 0) is 73.4 Å². The van der Waals surface area contributed by atoms with Crippen LogP contribution in [0.1, 0.15) is 71.1 Å². The van der Waals surface area contributed by atoms with Crippen molar-refractivity contribution in [2.75, 3.05) is 25.0 Å². The van der Waals surface area contributed by atoms with Crippen molar-refractivity contribution in [1.29, 1.82) is 0 Å². The van der Waals surface area contributed by atoms with Gasteiger partial charge in [-0.3, -0.25) is 9.59 Å². The summed E-state index contributed by atoms with van der Waals surface area (Å²) < 4.78 is 0. The molecule has 0 saturated carbocycles. The van der Waals surface area contributed by atoms with Gasteiger partial charge in [0, 0.05) is 42.0 Å². The van der Waals surface area contributed by atoms with Crippen LogP contribution in [-0.4, -0.2) is 41.2 Å². The minimum absolute atomic E-state index is 0.0798. The average molecular weight is 496 g/mol. The number of nitrogens with one attached hydrogen (secondary N) is 1. The van der Waals surface area contributed by atoms with Crippen molar-refractivity contribution in [2.24, 2.45) is 11.8 Å². The zero-order valence-electron chi connectivity index (χ0n) is 21.9. The molecule has 192 valence electrons. The number of anilines is 1.